The standard InChI is InChI=1S/C15H16BrNO3S/c1-21(18,19)14-6-4-13(5-7-14)20-10-12-3-2-11(9-17)8-15(12)16/h2-8H,9-10,17H2,1H3. The van der Waals surface area contributed by atoms with Crippen LogP contribution < -0.4 is 10.5 Å². The fourth-order valence-corrected chi connectivity index (χ4v) is 2.95. The molecule has 2 rings (SSSR count). The van der Waals surface area contributed by atoms with Crippen molar-refractivity contribution in [2.24, 2.45) is 5.73 Å². The number of benzene rings is 2. The Hall–Kier alpha value is -1.37. The molecule has 2 N–H and O–H groups in total. The van der Waals surface area contributed by atoms with E-state index in [1.807, 2.05) is 18.2 Å². The molecule has 0 heterocycles. The Labute approximate surface area is 133 Å². The van der Waals surface area contributed by atoms with Crippen LogP contribution in [0.3, 0.4) is 0 Å². The number of ether oxygens (including phenoxy) is 1. The van der Waals surface area contributed by atoms with Crippen LogP contribution in [0, 0.1) is 0 Å². The highest BCUT2D eigenvalue weighted by Crippen LogP contribution is 2.22. The summed E-state index contributed by atoms with van der Waals surface area (Å²) in [4.78, 5) is 0.281. The van der Waals surface area contributed by atoms with Gasteiger partial charge in [0.1, 0.15) is 12.4 Å². The van der Waals surface area contributed by atoms with Gasteiger partial charge in [-0.25, -0.2) is 8.42 Å². The number of sulfone groups is 1. The summed E-state index contributed by atoms with van der Waals surface area (Å²) < 4.78 is 29.3. The minimum Gasteiger partial charge on any atom is -0.489 e. The summed E-state index contributed by atoms with van der Waals surface area (Å²) in [6.45, 7) is 0.885. The van der Waals surface area contributed by atoms with E-state index in [-0.39, 0.29) is 4.90 Å². The summed E-state index contributed by atoms with van der Waals surface area (Å²) in [6.07, 6.45) is 1.18. The highest BCUT2D eigenvalue weighted by Gasteiger charge is 2.07. The Morgan fingerprint density at radius 3 is 2.33 bits per heavy atom. The first-order valence-corrected chi connectivity index (χ1v) is 8.99. The lowest BCUT2D eigenvalue weighted by molar-refractivity contribution is 0.305. The predicted octanol–water partition coefficient (Wildman–Crippen LogP) is 2.89. The van der Waals surface area contributed by atoms with E-state index in [0.29, 0.717) is 18.9 Å². The van der Waals surface area contributed by atoms with Crippen LogP contribution in [-0.4, -0.2) is 14.7 Å². The number of hydrogen-bond acceptors (Lipinski definition) is 4. The van der Waals surface area contributed by atoms with Crippen LogP contribution >= 0.6 is 15.9 Å². The quantitative estimate of drug-likeness (QED) is 0.879. The van der Waals surface area contributed by atoms with Crippen molar-refractivity contribution in [2.45, 2.75) is 18.0 Å². The molecule has 0 atom stereocenters. The zero-order valence-electron chi connectivity index (χ0n) is 11.5. The first-order chi connectivity index (χ1) is 9.90. The lowest BCUT2D eigenvalue weighted by atomic mass is 10.1. The first kappa shape index (κ1) is 16.0. The van der Waals surface area contributed by atoms with Crippen molar-refractivity contribution in [3.63, 3.8) is 0 Å². The third kappa shape index (κ3) is 4.30. The van der Waals surface area contributed by atoms with Crippen molar-refractivity contribution in [1.82, 2.24) is 0 Å². The summed E-state index contributed by atoms with van der Waals surface area (Å²) in [6, 6.07) is 12.3. The van der Waals surface area contributed by atoms with E-state index < -0.39 is 9.84 Å². The Balaban J connectivity index is 2.06. The monoisotopic (exact) mass is 369 g/mol. The Morgan fingerprint density at radius 2 is 1.81 bits per heavy atom. The maximum absolute atomic E-state index is 11.4. The van der Waals surface area contributed by atoms with Gasteiger partial charge in [0, 0.05) is 22.8 Å². The highest BCUT2D eigenvalue weighted by molar-refractivity contribution is 9.10. The maximum Gasteiger partial charge on any atom is 0.175 e. The molecule has 6 heteroatoms. The molecule has 0 amide bonds. The molecule has 21 heavy (non-hydrogen) atoms. The van der Waals surface area contributed by atoms with Gasteiger partial charge in [-0.3, -0.25) is 0 Å². The Bertz CT molecular complexity index is 727. The minimum absolute atomic E-state index is 0.281. The second kappa shape index (κ2) is 6.60. The molecule has 0 aliphatic carbocycles. The summed E-state index contributed by atoms with van der Waals surface area (Å²) >= 11 is 3.48. The summed E-state index contributed by atoms with van der Waals surface area (Å²) in [5.74, 6) is 0.622. The molecule has 2 aromatic carbocycles. The third-order valence-corrected chi connectivity index (χ3v) is 4.87. The lowest BCUT2D eigenvalue weighted by Crippen LogP contribution is -2.01. The molecule has 0 spiro atoms. The second-order valence-corrected chi connectivity index (χ2v) is 7.53. The molecule has 4 nitrogen and oxygen atoms in total. The van der Waals surface area contributed by atoms with Crippen LogP contribution in [0.4, 0.5) is 0 Å². The molecule has 0 saturated heterocycles. The fraction of sp³-hybridized carbons (Fsp3) is 0.200. The van der Waals surface area contributed by atoms with E-state index in [9.17, 15) is 8.42 Å². The summed E-state index contributed by atoms with van der Waals surface area (Å²) in [5, 5.41) is 0. The zero-order chi connectivity index (χ0) is 15.5. The van der Waals surface area contributed by atoms with Crippen LogP contribution in [0.15, 0.2) is 51.8 Å². The molecule has 0 radical (unpaired) electrons. The van der Waals surface area contributed by atoms with Gasteiger partial charge in [0.05, 0.1) is 4.90 Å². The molecule has 2 aromatic rings. The predicted molar refractivity (Wildman–Crippen MR) is 85.9 cm³/mol. The van der Waals surface area contributed by atoms with E-state index in [1.165, 1.54) is 18.4 Å². The molecule has 0 aliphatic rings. The summed E-state index contributed by atoms with van der Waals surface area (Å²) in [5.41, 5.74) is 7.63. The van der Waals surface area contributed by atoms with Gasteiger partial charge in [-0.15, -0.1) is 0 Å². The number of rotatable bonds is 5. The second-order valence-electron chi connectivity index (χ2n) is 4.66. The van der Waals surface area contributed by atoms with E-state index >= 15 is 0 Å². The lowest BCUT2D eigenvalue weighted by Gasteiger charge is -2.09. The van der Waals surface area contributed by atoms with Crippen molar-refractivity contribution in [3.05, 3.63) is 58.1 Å². The van der Waals surface area contributed by atoms with Gasteiger partial charge in [0.15, 0.2) is 9.84 Å². The molecule has 0 bridgehead atoms. The van der Waals surface area contributed by atoms with Gasteiger partial charge in [-0.1, -0.05) is 28.1 Å². The fourth-order valence-electron chi connectivity index (χ4n) is 1.78. The number of hydrogen-bond donors (Lipinski definition) is 1. The molecular formula is C15H16BrNO3S. The van der Waals surface area contributed by atoms with Gasteiger partial charge < -0.3 is 10.5 Å². The van der Waals surface area contributed by atoms with Crippen LogP contribution in [0.2, 0.25) is 0 Å². The van der Waals surface area contributed by atoms with E-state index in [4.69, 9.17) is 10.5 Å². The highest BCUT2D eigenvalue weighted by atomic mass is 79.9. The molecule has 0 saturated carbocycles. The van der Waals surface area contributed by atoms with Crippen LogP contribution in [0.5, 0.6) is 5.75 Å². The van der Waals surface area contributed by atoms with E-state index in [0.717, 1.165) is 15.6 Å². The van der Waals surface area contributed by atoms with Crippen molar-refractivity contribution < 1.29 is 13.2 Å². The van der Waals surface area contributed by atoms with Crippen molar-refractivity contribution in [3.8, 4) is 5.75 Å². The van der Waals surface area contributed by atoms with Crippen molar-refractivity contribution in [1.29, 1.82) is 0 Å². The van der Waals surface area contributed by atoms with Gasteiger partial charge >= 0.3 is 0 Å². The molecular weight excluding hydrogens is 354 g/mol. The average molecular weight is 370 g/mol. The van der Waals surface area contributed by atoms with Gasteiger partial charge in [-0.2, -0.15) is 0 Å². The first-order valence-electron chi connectivity index (χ1n) is 6.30. The molecule has 0 aliphatic heterocycles. The molecule has 0 aromatic heterocycles. The molecule has 112 valence electrons. The SMILES string of the molecule is CS(=O)(=O)c1ccc(OCc2ccc(CN)cc2Br)cc1. The van der Waals surface area contributed by atoms with Crippen molar-refractivity contribution in [2.75, 3.05) is 6.26 Å². The van der Waals surface area contributed by atoms with Gasteiger partial charge in [-0.05, 0) is 35.9 Å². The zero-order valence-corrected chi connectivity index (χ0v) is 13.9. The smallest absolute Gasteiger partial charge is 0.175 e. The Kier molecular flexibility index (Phi) is 5.03. The third-order valence-electron chi connectivity index (χ3n) is 3.00. The Morgan fingerprint density at radius 1 is 1.14 bits per heavy atom. The van der Waals surface area contributed by atoms with Gasteiger partial charge in [0.25, 0.3) is 0 Å². The normalized spacial score (nSPS) is 11.4. The largest absolute Gasteiger partial charge is 0.489 e. The van der Waals surface area contributed by atoms with Crippen LogP contribution in [0.25, 0.3) is 0 Å². The topological polar surface area (TPSA) is 69.4 Å². The number of nitrogens with two attached hydrogens (primary N) is 1. The van der Waals surface area contributed by atoms with E-state index in [1.54, 1.807) is 12.1 Å². The minimum atomic E-state index is -3.18. The number of halogens is 1. The van der Waals surface area contributed by atoms with Gasteiger partial charge in [0.2, 0.25) is 0 Å². The summed E-state index contributed by atoms with van der Waals surface area (Å²) in [7, 11) is -3.18. The van der Waals surface area contributed by atoms with E-state index in [2.05, 4.69) is 15.9 Å². The molecule has 0 fully saturated rings. The van der Waals surface area contributed by atoms with Crippen LogP contribution in [-0.2, 0) is 23.0 Å². The van der Waals surface area contributed by atoms with Crippen LogP contribution in [0.1, 0.15) is 11.1 Å². The van der Waals surface area contributed by atoms with Crippen molar-refractivity contribution >= 4 is 25.8 Å². The molecule has 0 unspecified atom stereocenters. The maximum atomic E-state index is 11.4. The average Bonchev–Trinajstić information content (AvgIpc) is 2.45.